The molecule has 0 spiro atoms. The Hall–Kier alpha value is -2.79. The van der Waals surface area contributed by atoms with E-state index in [1.807, 2.05) is 30.3 Å². The quantitative estimate of drug-likeness (QED) is 0.396. The van der Waals surface area contributed by atoms with Crippen molar-refractivity contribution in [2.45, 2.75) is 31.1 Å². The number of nitrogens with one attached hydrogen (secondary N) is 2. The van der Waals surface area contributed by atoms with Gasteiger partial charge in [-0.05, 0) is 5.56 Å². The van der Waals surface area contributed by atoms with E-state index in [4.69, 9.17) is 4.74 Å². The van der Waals surface area contributed by atoms with Crippen LogP contribution < -0.4 is 10.9 Å². The number of anilines is 1. The molecule has 3 heterocycles. The molecule has 4 atom stereocenters. The summed E-state index contributed by atoms with van der Waals surface area (Å²) in [6, 6.07) is 9.56. The Balaban J connectivity index is 1.76. The molecule has 1 fully saturated rings. The van der Waals surface area contributed by atoms with Gasteiger partial charge in [0.2, 0.25) is 5.95 Å². The van der Waals surface area contributed by atoms with Gasteiger partial charge in [0.15, 0.2) is 17.4 Å². The minimum Gasteiger partial charge on any atom is -0.394 e. The van der Waals surface area contributed by atoms with Crippen molar-refractivity contribution < 1.29 is 20.1 Å². The predicted molar refractivity (Wildman–Crippen MR) is 94.9 cm³/mol. The van der Waals surface area contributed by atoms with Gasteiger partial charge in [-0.2, -0.15) is 0 Å². The fraction of sp³-hybridized carbons (Fsp3) is 0.353. The molecule has 4 rings (SSSR count). The highest BCUT2D eigenvalue weighted by atomic mass is 16.6. The second-order valence-corrected chi connectivity index (χ2v) is 6.28. The van der Waals surface area contributed by atoms with E-state index in [0.29, 0.717) is 6.54 Å². The average molecular weight is 373 g/mol. The summed E-state index contributed by atoms with van der Waals surface area (Å²) in [6.45, 7) is -0.0426. The van der Waals surface area contributed by atoms with Crippen LogP contribution in [0.15, 0.2) is 41.5 Å². The molecule has 0 bridgehead atoms. The molecule has 10 heteroatoms. The first kappa shape index (κ1) is 17.6. The molecule has 3 aromatic rings. The summed E-state index contributed by atoms with van der Waals surface area (Å²) in [5.74, 6) is 0.257. The zero-order chi connectivity index (χ0) is 19.0. The molecule has 2 aromatic heterocycles. The Labute approximate surface area is 153 Å². The second kappa shape index (κ2) is 7.08. The number of aromatic nitrogens is 4. The third kappa shape index (κ3) is 3.08. The van der Waals surface area contributed by atoms with Crippen molar-refractivity contribution in [3.8, 4) is 0 Å². The zero-order valence-corrected chi connectivity index (χ0v) is 14.2. The number of aromatic amines is 1. The van der Waals surface area contributed by atoms with Crippen LogP contribution in [0.5, 0.6) is 0 Å². The summed E-state index contributed by atoms with van der Waals surface area (Å²) in [6.07, 6.45) is -3.38. The molecular weight excluding hydrogens is 354 g/mol. The standard InChI is InChI=1S/C17H19N5O5/c23-7-10-12(24)13(25)16(27-10)22-14-11(15(26)20-8-19-14)21-17(22)18-6-9-4-2-1-3-5-9/h1-5,8,10,12-13,16,23-25H,6-7H2,(H,18,21)(H,19,20,26)/t10-,12-,13-,16+/m0/s1. The maximum Gasteiger partial charge on any atom is 0.278 e. The smallest absolute Gasteiger partial charge is 0.278 e. The minimum atomic E-state index is -1.32. The van der Waals surface area contributed by atoms with E-state index in [9.17, 15) is 20.1 Å². The van der Waals surface area contributed by atoms with Crippen molar-refractivity contribution in [3.63, 3.8) is 0 Å². The summed E-state index contributed by atoms with van der Waals surface area (Å²) in [7, 11) is 0. The molecule has 0 radical (unpaired) electrons. The molecule has 1 saturated heterocycles. The van der Waals surface area contributed by atoms with Crippen LogP contribution in [0.25, 0.3) is 11.2 Å². The minimum absolute atomic E-state index is 0.0748. The molecule has 1 aliphatic heterocycles. The van der Waals surface area contributed by atoms with Gasteiger partial charge in [-0.25, -0.2) is 9.97 Å². The van der Waals surface area contributed by atoms with Crippen LogP contribution >= 0.6 is 0 Å². The van der Waals surface area contributed by atoms with E-state index >= 15 is 0 Å². The van der Waals surface area contributed by atoms with Gasteiger partial charge in [0.25, 0.3) is 5.56 Å². The molecule has 1 aliphatic rings. The second-order valence-electron chi connectivity index (χ2n) is 6.28. The van der Waals surface area contributed by atoms with Gasteiger partial charge in [0, 0.05) is 6.54 Å². The molecule has 0 amide bonds. The van der Waals surface area contributed by atoms with Crippen molar-refractivity contribution in [2.24, 2.45) is 0 Å². The monoisotopic (exact) mass is 373 g/mol. The van der Waals surface area contributed by atoms with E-state index < -0.39 is 36.7 Å². The molecule has 0 aliphatic carbocycles. The van der Waals surface area contributed by atoms with Crippen molar-refractivity contribution in [1.29, 1.82) is 0 Å². The molecular formula is C17H19N5O5. The maximum atomic E-state index is 12.1. The van der Waals surface area contributed by atoms with Gasteiger partial charge >= 0.3 is 0 Å². The number of fused-ring (bicyclic) bond motifs is 1. The Bertz CT molecular complexity index is 988. The van der Waals surface area contributed by atoms with Crippen LogP contribution in [0, 0.1) is 0 Å². The fourth-order valence-corrected chi connectivity index (χ4v) is 3.16. The number of ether oxygens (including phenoxy) is 1. The number of hydrogen-bond acceptors (Lipinski definition) is 8. The van der Waals surface area contributed by atoms with Crippen molar-refractivity contribution in [1.82, 2.24) is 19.5 Å². The number of H-pyrrole nitrogens is 1. The van der Waals surface area contributed by atoms with E-state index in [2.05, 4.69) is 20.3 Å². The number of benzene rings is 1. The molecule has 10 nitrogen and oxygen atoms in total. The van der Waals surface area contributed by atoms with Gasteiger partial charge in [0.05, 0.1) is 12.9 Å². The fourth-order valence-electron chi connectivity index (χ4n) is 3.16. The number of hydrogen-bond donors (Lipinski definition) is 5. The highest BCUT2D eigenvalue weighted by Gasteiger charge is 2.45. The topological polar surface area (TPSA) is 146 Å². The third-order valence-corrected chi connectivity index (χ3v) is 4.55. The summed E-state index contributed by atoms with van der Waals surface area (Å²) in [5.41, 5.74) is 0.822. The summed E-state index contributed by atoms with van der Waals surface area (Å²) in [5, 5.41) is 32.9. The zero-order valence-electron chi connectivity index (χ0n) is 14.2. The van der Waals surface area contributed by atoms with Gasteiger partial charge in [0.1, 0.15) is 18.3 Å². The lowest BCUT2D eigenvalue weighted by Gasteiger charge is -2.19. The van der Waals surface area contributed by atoms with E-state index in [1.165, 1.54) is 10.9 Å². The van der Waals surface area contributed by atoms with Crippen LogP contribution in [0.3, 0.4) is 0 Å². The number of rotatable bonds is 5. The highest BCUT2D eigenvalue weighted by Crippen LogP contribution is 2.33. The molecule has 0 unspecified atom stereocenters. The van der Waals surface area contributed by atoms with E-state index in [-0.39, 0.29) is 17.1 Å². The highest BCUT2D eigenvalue weighted by molar-refractivity contribution is 5.73. The van der Waals surface area contributed by atoms with Crippen LogP contribution in [0.4, 0.5) is 5.95 Å². The number of aliphatic hydroxyl groups excluding tert-OH is 3. The lowest BCUT2D eigenvalue weighted by Crippen LogP contribution is -2.33. The number of aliphatic hydroxyl groups is 3. The summed E-state index contributed by atoms with van der Waals surface area (Å²) < 4.78 is 7.03. The Morgan fingerprint density at radius 1 is 1.22 bits per heavy atom. The first-order valence-electron chi connectivity index (χ1n) is 8.46. The Kier molecular flexibility index (Phi) is 4.62. The molecule has 0 saturated carbocycles. The largest absolute Gasteiger partial charge is 0.394 e. The predicted octanol–water partition coefficient (Wildman–Crippen LogP) is -0.657. The van der Waals surface area contributed by atoms with Gasteiger partial charge in [-0.1, -0.05) is 30.3 Å². The Morgan fingerprint density at radius 2 is 2.00 bits per heavy atom. The summed E-state index contributed by atoms with van der Waals surface area (Å²) >= 11 is 0. The van der Waals surface area contributed by atoms with Crippen LogP contribution in [-0.2, 0) is 11.3 Å². The first-order chi connectivity index (χ1) is 13.1. The maximum absolute atomic E-state index is 12.1. The van der Waals surface area contributed by atoms with Crippen molar-refractivity contribution in [2.75, 3.05) is 11.9 Å². The summed E-state index contributed by atoms with van der Waals surface area (Å²) in [4.78, 5) is 23.0. The van der Waals surface area contributed by atoms with E-state index in [1.54, 1.807) is 0 Å². The van der Waals surface area contributed by atoms with Gasteiger partial charge < -0.3 is 30.4 Å². The Morgan fingerprint density at radius 3 is 2.70 bits per heavy atom. The molecule has 142 valence electrons. The molecule has 5 N–H and O–H groups in total. The molecule has 1 aromatic carbocycles. The van der Waals surface area contributed by atoms with Crippen LogP contribution in [0.1, 0.15) is 11.8 Å². The van der Waals surface area contributed by atoms with Gasteiger partial charge in [-0.3, -0.25) is 9.36 Å². The number of nitrogens with zero attached hydrogens (tertiary/aromatic N) is 3. The SMILES string of the molecule is O=c1[nH]cnc2c1nc(NCc1ccccc1)n2[C@@H]1O[C@@H](CO)[C@H](O)[C@@H]1O. The van der Waals surface area contributed by atoms with Crippen molar-refractivity contribution in [3.05, 3.63) is 52.6 Å². The van der Waals surface area contributed by atoms with Gasteiger partial charge in [-0.15, -0.1) is 0 Å². The lowest BCUT2D eigenvalue weighted by atomic mass is 10.1. The molecule has 27 heavy (non-hydrogen) atoms. The van der Waals surface area contributed by atoms with Crippen LogP contribution in [-0.4, -0.2) is 59.8 Å². The lowest BCUT2D eigenvalue weighted by molar-refractivity contribution is -0.0501. The van der Waals surface area contributed by atoms with E-state index in [0.717, 1.165) is 5.56 Å². The third-order valence-electron chi connectivity index (χ3n) is 4.55. The van der Waals surface area contributed by atoms with Crippen molar-refractivity contribution >= 4 is 17.1 Å². The number of imidazole rings is 1. The van der Waals surface area contributed by atoms with Crippen LogP contribution in [0.2, 0.25) is 0 Å². The first-order valence-corrected chi connectivity index (χ1v) is 8.46. The average Bonchev–Trinajstić information content (AvgIpc) is 3.19. The normalized spacial score (nSPS) is 25.1.